The van der Waals surface area contributed by atoms with Crippen LogP contribution in [0.2, 0.25) is 0 Å². The molecule has 0 bridgehead atoms. The number of carbonyl (C=O) groups is 1. The smallest absolute Gasteiger partial charge is 0.410 e. The molecule has 0 unspecified atom stereocenters. The molecular formula is C15H23IN4O2. The average Bonchev–Trinajstić information content (AvgIpc) is 2.46. The van der Waals surface area contributed by atoms with Crippen LogP contribution in [0, 0.1) is 3.70 Å². The normalized spacial score (nSPS) is 16.5. The molecule has 0 saturated carbocycles. The number of likely N-dealkylation sites (tertiary alicyclic amines) is 1. The molecule has 1 amide bonds. The number of hydrogen-bond donors (Lipinski definition) is 0. The van der Waals surface area contributed by atoms with Gasteiger partial charge in [0.1, 0.15) is 9.30 Å². The van der Waals surface area contributed by atoms with E-state index in [0.29, 0.717) is 19.1 Å². The number of piperidine rings is 1. The van der Waals surface area contributed by atoms with Crippen molar-refractivity contribution in [2.24, 2.45) is 0 Å². The number of carbonyl (C=O) groups excluding carboxylic acids is 1. The lowest BCUT2D eigenvalue weighted by molar-refractivity contribution is 0.0205. The summed E-state index contributed by atoms with van der Waals surface area (Å²) in [5.41, 5.74) is -0.443. The van der Waals surface area contributed by atoms with E-state index in [2.05, 4.69) is 37.7 Å². The lowest BCUT2D eigenvalue weighted by Crippen LogP contribution is -2.47. The van der Waals surface area contributed by atoms with E-state index in [1.54, 1.807) is 4.90 Å². The minimum atomic E-state index is -0.443. The summed E-state index contributed by atoms with van der Waals surface area (Å²) in [4.78, 5) is 16.0. The van der Waals surface area contributed by atoms with Gasteiger partial charge in [0.25, 0.3) is 0 Å². The van der Waals surface area contributed by atoms with Crippen LogP contribution in [0.15, 0.2) is 12.1 Å². The summed E-state index contributed by atoms with van der Waals surface area (Å²) >= 11 is 2.14. The van der Waals surface area contributed by atoms with E-state index < -0.39 is 5.60 Å². The molecule has 0 aliphatic carbocycles. The number of halogens is 1. The van der Waals surface area contributed by atoms with Gasteiger partial charge >= 0.3 is 6.09 Å². The molecule has 2 rings (SSSR count). The maximum atomic E-state index is 12.1. The van der Waals surface area contributed by atoms with Crippen molar-refractivity contribution in [2.75, 3.05) is 25.0 Å². The first-order chi connectivity index (χ1) is 10.3. The van der Waals surface area contributed by atoms with E-state index in [-0.39, 0.29) is 6.09 Å². The molecular weight excluding hydrogens is 395 g/mol. The highest BCUT2D eigenvalue weighted by molar-refractivity contribution is 14.1. The molecule has 2 heterocycles. The fourth-order valence-corrected chi connectivity index (χ4v) is 2.73. The van der Waals surface area contributed by atoms with Gasteiger partial charge in [-0.25, -0.2) is 4.79 Å². The van der Waals surface area contributed by atoms with E-state index in [0.717, 1.165) is 22.4 Å². The van der Waals surface area contributed by atoms with E-state index in [4.69, 9.17) is 4.74 Å². The van der Waals surface area contributed by atoms with Gasteiger partial charge in [-0.15, -0.1) is 10.2 Å². The van der Waals surface area contributed by atoms with Gasteiger partial charge in [-0.1, -0.05) is 0 Å². The van der Waals surface area contributed by atoms with Gasteiger partial charge in [0, 0.05) is 26.2 Å². The van der Waals surface area contributed by atoms with Crippen molar-refractivity contribution in [3.05, 3.63) is 15.8 Å². The first kappa shape index (κ1) is 17.2. The van der Waals surface area contributed by atoms with Crippen molar-refractivity contribution >= 4 is 34.5 Å². The van der Waals surface area contributed by atoms with E-state index in [1.165, 1.54) is 0 Å². The van der Waals surface area contributed by atoms with Crippen LogP contribution in [0.1, 0.15) is 33.6 Å². The number of hydrogen-bond acceptors (Lipinski definition) is 5. The van der Waals surface area contributed by atoms with Crippen molar-refractivity contribution in [3.63, 3.8) is 0 Å². The predicted octanol–water partition coefficient (Wildman–Crippen LogP) is 2.92. The first-order valence-corrected chi connectivity index (χ1v) is 8.54. The zero-order valence-electron chi connectivity index (χ0n) is 13.5. The van der Waals surface area contributed by atoms with Crippen LogP contribution in [0.25, 0.3) is 0 Å². The molecule has 1 aliphatic rings. The Balaban J connectivity index is 1.89. The zero-order chi connectivity index (χ0) is 16.3. The molecule has 1 fully saturated rings. The highest BCUT2D eigenvalue weighted by Crippen LogP contribution is 2.21. The van der Waals surface area contributed by atoms with Gasteiger partial charge in [-0.05, 0) is 68.3 Å². The Bertz CT molecular complexity index is 507. The summed E-state index contributed by atoms with van der Waals surface area (Å²) in [7, 11) is 2.03. The van der Waals surface area contributed by atoms with Gasteiger partial charge in [0.15, 0.2) is 5.82 Å². The predicted molar refractivity (Wildman–Crippen MR) is 94.0 cm³/mol. The van der Waals surface area contributed by atoms with Gasteiger partial charge < -0.3 is 14.5 Å². The Kier molecular flexibility index (Phi) is 5.46. The molecule has 22 heavy (non-hydrogen) atoms. The fourth-order valence-electron chi connectivity index (χ4n) is 2.45. The second-order valence-electron chi connectivity index (χ2n) is 6.52. The number of anilines is 1. The van der Waals surface area contributed by atoms with Crippen molar-refractivity contribution in [2.45, 2.75) is 45.3 Å². The molecule has 1 aromatic heterocycles. The fraction of sp³-hybridized carbons (Fsp3) is 0.667. The summed E-state index contributed by atoms with van der Waals surface area (Å²) in [6, 6.07) is 4.30. The Morgan fingerprint density at radius 3 is 2.45 bits per heavy atom. The van der Waals surface area contributed by atoms with Gasteiger partial charge in [0.2, 0.25) is 0 Å². The highest BCUT2D eigenvalue weighted by Gasteiger charge is 2.28. The van der Waals surface area contributed by atoms with E-state index in [1.807, 2.05) is 40.0 Å². The summed E-state index contributed by atoms with van der Waals surface area (Å²) in [5, 5.41) is 8.31. The first-order valence-electron chi connectivity index (χ1n) is 7.46. The molecule has 1 saturated heterocycles. The van der Waals surface area contributed by atoms with Crippen LogP contribution in [-0.4, -0.2) is 53.0 Å². The maximum absolute atomic E-state index is 12.1. The third-order valence-electron chi connectivity index (χ3n) is 3.64. The number of aromatic nitrogens is 2. The van der Waals surface area contributed by atoms with E-state index in [9.17, 15) is 4.79 Å². The molecule has 0 N–H and O–H groups in total. The van der Waals surface area contributed by atoms with Crippen molar-refractivity contribution in [1.29, 1.82) is 0 Å². The molecule has 7 heteroatoms. The summed E-state index contributed by atoms with van der Waals surface area (Å²) in [6.45, 7) is 7.09. The molecule has 6 nitrogen and oxygen atoms in total. The molecule has 0 radical (unpaired) electrons. The van der Waals surface area contributed by atoms with Crippen LogP contribution >= 0.6 is 22.6 Å². The van der Waals surface area contributed by atoms with Gasteiger partial charge in [-0.3, -0.25) is 0 Å². The van der Waals surface area contributed by atoms with Crippen LogP contribution in [0.5, 0.6) is 0 Å². The van der Waals surface area contributed by atoms with Crippen molar-refractivity contribution in [3.8, 4) is 0 Å². The Morgan fingerprint density at radius 1 is 1.32 bits per heavy atom. The van der Waals surface area contributed by atoms with Gasteiger partial charge in [0.05, 0.1) is 0 Å². The lowest BCUT2D eigenvalue weighted by atomic mass is 10.0. The van der Waals surface area contributed by atoms with Crippen LogP contribution in [-0.2, 0) is 4.74 Å². The third kappa shape index (κ3) is 4.69. The molecule has 0 atom stereocenters. The Hall–Kier alpha value is -1.12. The van der Waals surface area contributed by atoms with Crippen LogP contribution < -0.4 is 4.90 Å². The molecule has 0 spiro atoms. The Morgan fingerprint density at radius 2 is 1.95 bits per heavy atom. The molecule has 1 aromatic rings. The summed E-state index contributed by atoms with van der Waals surface area (Å²) in [5.74, 6) is 0.871. The topological polar surface area (TPSA) is 58.6 Å². The summed E-state index contributed by atoms with van der Waals surface area (Å²) in [6.07, 6.45) is 1.59. The molecule has 1 aliphatic heterocycles. The van der Waals surface area contributed by atoms with Crippen LogP contribution in [0.3, 0.4) is 0 Å². The number of amides is 1. The highest BCUT2D eigenvalue weighted by atomic mass is 127. The average molecular weight is 418 g/mol. The third-order valence-corrected chi connectivity index (χ3v) is 4.22. The largest absolute Gasteiger partial charge is 0.444 e. The van der Waals surface area contributed by atoms with Crippen LogP contribution in [0.4, 0.5) is 10.6 Å². The van der Waals surface area contributed by atoms with Gasteiger partial charge in [-0.2, -0.15) is 0 Å². The monoisotopic (exact) mass is 418 g/mol. The quantitative estimate of drug-likeness (QED) is 0.692. The van der Waals surface area contributed by atoms with E-state index >= 15 is 0 Å². The van der Waals surface area contributed by atoms with Crippen molar-refractivity contribution in [1.82, 2.24) is 15.1 Å². The Labute approximate surface area is 145 Å². The standard InChI is InChI=1S/C15H23IN4O2/c1-15(2,3)22-14(21)20-9-7-11(8-10-20)19(4)13-6-5-12(16)17-18-13/h5-6,11H,7-10H2,1-4H3. The molecule has 0 aromatic carbocycles. The summed E-state index contributed by atoms with van der Waals surface area (Å²) < 4.78 is 6.30. The zero-order valence-corrected chi connectivity index (χ0v) is 15.7. The number of ether oxygens (including phenoxy) is 1. The maximum Gasteiger partial charge on any atom is 0.410 e. The second-order valence-corrected chi connectivity index (χ2v) is 7.63. The second kappa shape index (κ2) is 6.97. The number of rotatable bonds is 2. The minimum absolute atomic E-state index is 0.220. The van der Waals surface area contributed by atoms with Crippen molar-refractivity contribution < 1.29 is 9.53 Å². The minimum Gasteiger partial charge on any atom is -0.444 e. The number of nitrogens with zero attached hydrogens (tertiary/aromatic N) is 4. The SMILES string of the molecule is CN(c1ccc(I)nn1)C1CCN(C(=O)OC(C)(C)C)CC1. The molecule has 122 valence electrons. The lowest BCUT2D eigenvalue weighted by Gasteiger charge is -2.37.